The van der Waals surface area contributed by atoms with Gasteiger partial charge in [0.25, 0.3) is 0 Å². The van der Waals surface area contributed by atoms with Crippen molar-refractivity contribution in [3.63, 3.8) is 0 Å². The van der Waals surface area contributed by atoms with E-state index in [4.69, 9.17) is 0 Å². The lowest BCUT2D eigenvalue weighted by atomic mass is 10.1. The molecule has 0 saturated heterocycles. The van der Waals surface area contributed by atoms with E-state index in [0.29, 0.717) is 12.3 Å². The Morgan fingerprint density at radius 1 is 1.33 bits per heavy atom. The molecule has 3 heterocycles. The van der Waals surface area contributed by atoms with Gasteiger partial charge in [0.05, 0.1) is 11.4 Å². The molecule has 0 bridgehead atoms. The molecule has 0 aromatic carbocycles. The summed E-state index contributed by atoms with van der Waals surface area (Å²) in [4.78, 5) is 20.8. The molecule has 0 atom stereocenters. The average Bonchev–Trinajstić information content (AvgIpc) is 3.12. The van der Waals surface area contributed by atoms with Crippen LogP contribution in [0.15, 0.2) is 0 Å². The SMILES string of the molecule is CCN1CCc2nc(NC(=O)CCc3c(C)nn(CC(C)C)c3C)sc2C1. The minimum absolute atomic E-state index is 0.0313. The normalized spacial score (nSPS) is 14.6. The molecular weight excluding hydrogens is 358 g/mol. The summed E-state index contributed by atoms with van der Waals surface area (Å²) in [5.74, 6) is 0.586. The number of thiazole rings is 1. The summed E-state index contributed by atoms with van der Waals surface area (Å²) >= 11 is 1.62. The van der Waals surface area contributed by atoms with Crippen LogP contribution in [0.25, 0.3) is 0 Å². The van der Waals surface area contributed by atoms with Gasteiger partial charge in [-0.05, 0) is 38.3 Å². The summed E-state index contributed by atoms with van der Waals surface area (Å²) in [7, 11) is 0. The minimum atomic E-state index is 0.0313. The number of anilines is 1. The number of rotatable bonds is 7. The molecule has 7 heteroatoms. The Labute approximate surface area is 166 Å². The number of carbonyl (C=O) groups excluding carboxylic acids is 1. The van der Waals surface area contributed by atoms with Crippen LogP contribution in [0.1, 0.15) is 54.7 Å². The van der Waals surface area contributed by atoms with Crippen LogP contribution in [0.3, 0.4) is 0 Å². The first kappa shape index (κ1) is 20.0. The second-order valence-corrected chi connectivity index (χ2v) is 8.86. The molecule has 0 aliphatic carbocycles. The second kappa shape index (κ2) is 8.52. The minimum Gasteiger partial charge on any atom is -0.302 e. The van der Waals surface area contributed by atoms with Gasteiger partial charge < -0.3 is 5.32 Å². The maximum atomic E-state index is 12.4. The molecule has 2 aromatic rings. The molecule has 1 amide bonds. The number of fused-ring (bicyclic) bond motifs is 1. The molecule has 1 aliphatic heterocycles. The highest BCUT2D eigenvalue weighted by atomic mass is 32.1. The van der Waals surface area contributed by atoms with Crippen LogP contribution in [0.5, 0.6) is 0 Å². The Bertz CT molecular complexity index is 808. The highest BCUT2D eigenvalue weighted by molar-refractivity contribution is 7.15. The number of hydrogen-bond acceptors (Lipinski definition) is 5. The molecule has 6 nitrogen and oxygen atoms in total. The maximum absolute atomic E-state index is 12.4. The van der Waals surface area contributed by atoms with Crippen LogP contribution in [-0.2, 0) is 30.7 Å². The van der Waals surface area contributed by atoms with Gasteiger partial charge in [0.15, 0.2) is 5.13 Å². The van der Waals surface area contributed by atoms with E-state index < -0.39 is 0 Å². The number of hydrogen-bond donors (Lipinski definition) is 1. The molecule has 0 fully saturated rings. The zero-order valence-corrected chi connectivity index (χ0v) is 17.9. The molecular formula is C20H31N5OS. The van der Waals surface area contributed by atoms with Crippen LogP contribution in [0, 0.1) is 19.8 Å². The summed E-state index contributed by atoms with van der Waals surface area (Å²) in [5, 5.41) is 8.39. The molecule has 1 N–H and O–H groups in total. The van der Waals surface area contributed by atoms with E-state index in [1.165, 1.54) is 16.1 Å². The Kier molecular flexibility index (Phi) is 6.32. The number of likely N-dealkylation sites (N-methyl/N-ethyl adjacent to an activating group) is 1. The first-order chi connectivity index (χ1) is 12.9. The fourth-order valence-electron chi connectivity index (χ4n) is 3.61. The molecule has 0 spiro atoms. The predicted molar refractivity (Wildman–Crippen MR) is 110 cm³/mol. The smallest absolute Gasteiger partial charge is 0.226 e. The Morgan fingerprint density at radius 3 is 2.81 bits per heavy atom. The first-order valence-corrected chi connectivity index (χ1v) is 10.7. The largest absolute Gasteiger partial charge is 0.302 e. The van der Waals surface area contributed by atoms with Gasteiger partial charge in [-0.3, -0.25) is 14.4 Å². The van der Waals surface area contributed by atoms with Crippen LogP contribution in [-0.4, -0.2) is 38.7 Å². The molecule has 2 aromatic heterocycles. The van der Waals surface area contributed by atoms with Crippen molar-refractivity contribution in [2.75, 3.05) is 18.4 Å². The Hall–Kier alpha value is -1.73. The third kappa shape index (κ3) is 4.76. The standard InChI is InChI=1S/C20H31N5OS/c1-6-24-10-9-17-18(12-24)27-20(21-17)22-19(26)8-7-16-14(4)23-25(15(16)5)11-13(2)3/h13H,6-12H2,1-5H3,(H,21,22,26). The van der Waals surface area contributed by atoms with Crippen molar-refractivity contribution < 1.29 is 4.79 Å². The molecule has 148 valence electrons. The van der Waals surface area contributed by atoms with Gasteiger partial charge in [0, 0.05) is 43.0 Å². The van der Waals surface area contributed by atoms with E-state index in [1.54, 1.807) is 11.3 Å². The molecule has 27 heavy (non-hydrogen) atoms. The summed E-state index contributed by atoms with van der Waals surface area (Å²) in [6.45, 7) is 14.7. The van der Waals surface area contributed by atoms with Crippen LogP contribution in [0.4, 0.5) is 5.13 Å². The monoisotopic (exact) mass is 389 g/mol. The number of nitrogens with one attached hydrogen (secondary N) is 1. The summed E-state index contributed by atoms with van der Waals surface area (Å²) < 4.78 is 2.07. The predicted octanol–water partition coefficient (Wildman–Crippen LogP) is 3.56. The number of nitrogens with zero attached hydrogens (tertiary/aromatic N) is 4. The van der Waals surface area contributed by atoms with Gasteiger partial charge >= 0.3 is 0 Å². The summed E-state index contributed by atoms with van der Waals surface area (Å²) in [5.41, 5.74) is 4.56. The van der Waals surface area contributed by atoms with E-state index in [9.17, 15) is 4.79 Å². The molecule has 0 saturated carbocycles. The lowest BCUT2D eigenvalue weighted by Gasteiger charge is -2.23. The number of aryl methyl sites for hydroxylation is 1. The zero-order valence-electron chi connectivity index (χ0n) is 17.1. The molecule has 0 unspecified atom stereocenters. The number of amides is 1. The zero-order chi connectivity index (χ0) is 19.6. The van der Waals surface area contributed by atoms with Crippen molar-refractivity contribution in [2.45, 2.75) is 67.0 Å². The van der Waals surface area contributed by atoms with Crippen molar-refractivity contribution in [3.05, 3.63) is 27.5 Å². The van der Waals surface area contributed by atoms with Crippen LogP contribution in [0.2, 0.25) is 0 Å². The molecule has 3 rings (SSSR count). The van der Waals surface area contributed by atoms with Gasteiger partial charge in [0.1, 0.15) is 0 Å². The lowest BCUT2D eigenvalue weighted by Crippen LogP contribution is -2.29. The number of aromatic nitrogens is 3. The van der Waals surface area contributed by atoms with E-state index in [1.807, 2.05) is 6.92 Å². The molecule has 1 aliphatic rings. The fourth-order valence-corrected chi connectivity index (χ4v) is 4.68. The van der Waals surface area contributed by atoms with E-state index in [-0.39, 0.29) is 5.91 Å². The van der Waals surface area contributed by atoms with Gasteiger partial charge in [-0.2, -0.15) is 5.10 Å². The highest BCUT2D eigenvalue weighted by Gasteiger charge is 2.20. The van der Waals surface area contributed by atoms with Crippen molar-refractivity contribution in [3.8, 4) is 0 Å². The van der Waals surface area contributed by atoms with E-state index in [0.717, 1.165) is 55.5 Å². The van der Waals surface area contributed by atoms with Gasteiger partial charge in [-0.1, -0.05) is 20.8 Å². The van der Waals surface area contributed by atoms with Crippen molar-refractivity contribution in [2.24, 2.45) is 5.92 Å². The highest BCUT2D eigenvalue weighted by Crippen LogP contribution is 2.28. The fraction of sp³-hybridized carbons (Fsp3) is 0.650. The quantitative estimate of drug-likeness (QED) is 0.786. The third-order valence-corrected chi connectivity index (χ3v) is 6.17. The van der Waals surface area contributed by atoms with Crippen molar-refractivity contribution in [1.29, 1.82) is 0 Å². The van der Waals surface area contributed by atoms with Crippen LogP contribution >= 0.6 is 11.3 Å². The van der Waals surface area contributed by atoms with E-state index >= 15 is 0 Å². The topological polar surface area (TPSA) is 63.1 Å². The van der Waals surface area contributed by atoms with Gasteiger partial charge in [-0.25, -0.2) is 4.98 Å². The lowest BCUT2D eigenvalue weighted by molar-refractivity contribution is -0.116. The Morgan fingerprint density at radius 2 is 2.11 bits per heavy atom. The number of carbonyl (C=O) groups is 1. The van der Waals surface area contributed by atoms with Crippen LogP contribution < -0.4 is 5.32 Å². The Balaban J connectivity index is 1.58. The van der Waals surface area contributed by atoms with E-state index in [2.05, 4.69) is 52.7 Å². The van der Waals surface area contributed by atoms with Gasteiger partial charge in [-0.15, -0.1) is 11.3 Å². The van der Waals surface area contributed by atoms with Crippen molar-refractivity contribution in [1.82, 2.24) is 19.7 Å². The maximum Gasteiger partial charge on any atom is 0.226 e. The van der Waals surface area contributed by atoms with Crippen molar-refractivity contribution >= 4 is 22.4 Å². The second-order valence-electron chi connectivity index (χ2n) is 7.78. The summed E-state index contributed by atoms with van der Waals surface area (Å²) in [6.07, 6.45) is 2.15. The summed E-state index contributed by atoms with van der Waals surface area (Å²) in [6, 6.07) is 0. The first-order valence-electron chi connectivity index (χ1n) is 9.91. The average molecular weight is 390 g/mol. The third-order valence-electron chi connectivity index (χ3n) is 5.18. The van der Waals surface area contributed by atoms with Gasteiger partial charge in [0.2, 0.25) is 5.91 Å². The molecule has 0 radical (unpaired) electrons.